The summed E-state index contributed by atoms with van der Waals surface area (Å²) < 4.78 is 0. The van der Waals surface area contributed by atoms with Gasteiger partial charge in [0.25, 0.3) is 0 Å². The van der Waals surface area contributed by atoms with Gasteiger partial charge in [0.1, 0.15) is 0 Å². The molecule has 0 heterocycles. The summed E-state index contributed by atoms with van der Waals surface area (Å²) in [5.41, 5.74) is 0. The van der Waals surface area contributed by atoms with E-state index >= 15 is 0 Å². The van der Waals surface area contributed by atoms with E-state index in [1.807, 2.05) is 0 Å². The van der Waals surface area contributed by atoms with Crippen LogP contribution in [0, 0.1) is 41.7 Å². The Morgan fingerprint density at radius 3 is 0.826 bits per heavy atom. The maximum absolute atomic E-state index is 2.23. The van der Waals surface area contributed by atoms with Crippen molar-refractivity contribution < 1.29 is 79.0 Å². The Balaban J connectivity index is 0. The number of halogens is 3. The first-order valence-electron chi connectivity index (χ1n) is 6.40. The summed E-state index contributed by atoms with van der Waals surface area (Å²) in [4.78, 5) is 0. The van der Waals surface area contributed by atoms with Gasteiger partial charge in [-0.15, -0.1) is 0 Å². The zero-order chi connectivity index (χ0) is 12.9. The quantitative estimate of drug-likeness (QED) is 0.310. The van der Waals surface area contributed by atoms with Gasteiger partial charge >= 0.3 is 41.7 Å². The van der Waals surface area contributed by atoms with Crippen LogP contribution in [0.4, 0.5) is 0 Å². The van der Waals surface area contributed by atoms with Gasteiger partial charge in [-0.05, 0) is 23.8 Å². The first-order chi connectivity index (χ1) is 9.45. The minimum absolute atomic E-state index is 0. The van der Waals surface area contributed by atoms with E-state index in [0.717, 1.165) is 0 Å². The zero-order valence-corrected chi connectivity index (χ0v) is 18.5. The van der Waals surface area contributed by atoms with Crippen molar-refractivity contribution in [1.29, 1.82) is 0 Å². The SMILES string of the molecule is [Ce+3].[Cl-].[Cl-].[Cl-].c1ccc(P(c2ccccc2)c2ccccc2)cc1. The molecule has 0 nitrogen and oxygen atoms in total. The van der Waals surface area contributed by atoms with Crippen LogP contribution in [0.2, 0.25) is 0 Å². The van der Waals surface area contributed by atoms with Crippen molar-refractivity contribution in [2.24, 2.45) is 0 Å². The van der Waals surface area contributed by atoms with Crippen molar-refractivity contribution in [3.8, 4) is 0 Å². The van der Waals surface area contributed by atoms with Gasteiger partial charge in [-0.2, -0.15) is 0 Å². The Hall–Kier alpha value is 0.337. The van der Waals surface area contributed by atoms with E-state index in [1.54, 1.807) is 0 Å². The van der Waals surface area contributed by atoms with Crippen LogP contribution in [0.25, 0.3) is 0 Å². The Kier molecular flexibility index (Phi) is 15.1. The van der Waals surface area contributed by atoms with Crippen LogP contribution in [0.3, 0.4) is 0 Å². The summed E-state index contributed by atoms with van der Waals surface area (Å²) >= 11 is 0. The Morgan fingerprint density at radius 1 is 0.391 bits per heavy atom. The third-order valence-corrected chi connectivity index (χ3v) is 5.49. The number of hydrogen-bond donors (Lipinski definition) is 0. The average molecular weight is 509 g/mol. The maximum Gasteiger partial charge on any atom is 3.00 e. The minimum atomic E-state index is -0.446. The van der Waals surface area contributed by atoms with Gasteiger partial charge in [0, 0.05) is 0 Å². The van der Waals surface area contributed by atoms with Crippen molar-refractivity contribution in [2.45, 2.75) is 0 Å². The molecular weight excluding hydrogens is 494 g/mol. The van der Waals surface area contributed by atoms with Crippen LogP contribution in [0.5, 0.6) is 0 Å². The van der Waals surface area contributed by atoms with Gasteiger partial charge in [0.15, 0.2) is 0 Å². The largest absolute Gasteiger partial charge is 3.00 e. The van der Waals surface area contributed by atoms with Crippen LogP contribution in [0.1, 0.15) is 0 Å². The van der Waals surface area contributed by atoms with Gasteiger partial charge in [-0.25, -0.2) is 0 Å². The molecular formula is C18H15CeCl3P. The van der Waals surface area contributed by atoms with Gasteiger partial charge in [-0.3, -0.25) is 0 Å². The fourth-order valence-corrected chi connectivity index (χ4v) is 4.48. The van der Waals surface area contributed by atoms with Crippen molar-refractivity contribution in [3.63, 3.8) is 0 Å². The van der Waals surface area contributed by atoms with Gasteiger partial charge in [-0.1, -0.05) is 91.0 Å². The third kappa shape index (κ3) is 7.00. The van der Waals surface area contributed by atoms with Crippen molar-refractivity contribution in [3.05, 3.63) is 91.0 Å². The molecule has 23 heavy (non-hydrogen) atoms. The first kappa shape index (κ1) is 25.6. The van der Waals surface area contributed by atoms with E-state index in [0.29, 0.717) is 0 Å². The van der Waals surface area contributed by atoms with E-state index in [1.165, 1.54) is 15.9 Å². The van der Waals surface area contributed by atoms with Crippen LogP contribution in [0.15, 0.2) is 91.0 Å². The molecule has 0 N–H and O–H groups in total. The Morgan fingerprint density at radius 2 is 0.609 bits per heavy atom. The van der Waals surface area contributed by atoms with E-state index in [4.69, 9.17) is 0 Å². The second-order valence-electron chi connectivity index (χ2n) is 4.34. The molecule has 0 unspecified atom stereocenters. The predicted octanol–water partition coefficient (Wildman–Crippen LogP) is -5.54. The molecule has 117 valence electrons. The standard InChI is InChI=1S/C18H15P.Ce.3ClH/c1-4-10-16(11-5-1)19(17-12-6-2-7-13-17)18-14-8-3-9-15-18;;;;/h1-15H;;3*1H/q;+3;;;/p-3. The van der Waals surface area contributed by atoms with Crippen LogP contribution in [-0.4, -0.2) is 0 Å². The molecule has 0 aromatic heterocycles. The second kappa shape index (κ2) is 13.6. The fourth-order valence-electron chi connectivity index (χ4n) is 2.18. The minimum Gasteiger partial charge on any atom is -1.00 e. The second-order valence-corrected chi connectivity index (χ2v) is 6.56. The molecule has 0 fully saturated rings. The molecule has 3 rings (SSSR count). The molecule has 0 atom stereocenters. The number of benzene rings is 3. The summed E-state index contributed by atoms with van der Waals surface area (Å²) in [5, 5.41) is 4.19. The molecule has 1 radical (unpaired) electrons. The summed E-state index contributed by atoms with van der Waals surface area (Å²) in [6.45, 7) is 0. The monoisotopic (exact) mass is 507 g/mol. The zero-order valence-electron chi connectivity index (χ0n) is 12.2. The van der Waals surface area contributed by atoms with E-state index < -0.39 is 7.92 Å². The summed E-state index contributed by atoms with van der Waals surface area (Å²) in [6.07, 6.45) is 0. The Bertz CT molecular complexity index is 542. The van der Waals surface area contributed by atoms with Crippen molar-refractivity contribution >= 4 is 23.8 Å². The molecule has 0 saturated carbocycles. The van der Waals surface area contributed by atoms with Crippen LogP contribution < -0.4 is 53.1 Å². The number of rotatable bonds is 3. The molecule has 0 spiro atoms. The molecule has 0 amide bonds. The van der Waals surface area contributed by atoms with Crippen molar-refractivity contribution in [1.82, 2.24) is 0 Å². The summed E-state index contributed by atoms with van der Waals surface area (Å²) in [6, 6.07) is 32.3. The normalized spacial score (nSPS) is 8.74. The first-order valence-corrected chi connectivity index (χ1v) is 7.74. The fraction of sp³-hybridized carbons (Fsp3) is 0. The smallest absolute Gasteiger partial charge is 1.00 e. The van der Waals surface area contributed by atoms with E-state index in [2.05, 4.69) is 91.0 Å². The van der Waals surface area contributed by atoms with Crippen LogP contribution in [-0.2, 0) is 0 Å². The van der Waals surface area contributed by atoms with Crippen LogP contribution >= 0.6 is 7.92 Å². The van der Waals surface area contributed by atoms with Gasteiger partial charge in [0.2, 0.25) is 0 Å². The number of hydrogen-bond acceptors (Lipinski definition) is 0. The van der Waals surface area contributed by atoms with E-state index in [9.17, 15) is 0 Å². The van der Waals surface area contributed by atoms with Gasteiger partial charge < -0.3 is 37.2 Å². The Labute approximate surface area is 191 Å². The third-order valence-electron chi connectivity index (χ3n) is 3.04. The molecule has 3 aromatic rings. The molecule has 0 saturated heterocycles. The molecule has 0 aliphatic rings. The maximum atomic E-state index is 2.23. The molecule has 0 aliphatic heterocycles. The average Bonchev–Trinajstić information content (AvgIpc) is 2.51. The summed E-state index contributed by atoms with van der Waals surface area (Å²) in [7, 11) is -0.446. The van der Waals surface area contributed by atoms with Gasteiger partial charge in [0.05, 0.1) is 0 Å². The molecule has 0 aliphatic carbocycles. The topological polar surface area (TPSA) is 0 Å². The predicted molar refractivity (Wildman–Crippen MR) is 85.1 cm³/mol. The molecule has 3 aromatic carbocycles. The summed E-state index contributed by atoms with van der Waals surface area (Å²) in [5.74, 6) is 0. The van der Waals surface area contributed by atoms with E-state index in [-0.39, 0.29) is 79.0 Å². The molecule has 0 bridgehead atoms. The molecule has 5 heteroatoms. The van der Waals surface area contributed by atoms with Crippen molar-refractivity contribution in [2.75, 3.05) is 0 Å².